The van der Waals surface area contributed by atoms with Gasteiger partial charge in [0.15, 0.2) is 0 Å². The molecule has 0 saturated heterocycles. The number of hydrogen-bond acceptors (Lipinski definition) is 5. The fourth-order valence-corrected chi connectivity index (χ4v) is 4.95. The van der Waals surface area contributed by atoms with Gasteiger partial charge in [0, 0.05) is 11.1 Å². The van der Waals surface area contributed by atoms with Crippen LogP contribution in [0.2, 0.25) is 0 Å². The summed E-state index contributed by atoms with van der Waals surface area (Å²) in [6.45, 7) is 3.85. The van der Waals surface area contributed by atoms with Crippen molar-refractivity contribution in [1.29, 1.82) is 0 Å². The SMILES string of the molecule is Cc1nc(-c2ccccc2)c(N(C(N)=O)c2sc(C)nc2-c2ccccc2)s1. The second kappa shape index (κ2) is 7.53. The van der Waals surface area contributed by atoms with Crippen LogP contribution in [0.3, 0.4) is 0 Å². The Morgan fingerprint density at radius 1 is 0.786 bits per heavy atom. The summed E-state index contributed by atoms with van der Waals surface area (Å²) in [5.41, 5.74) is 9.22. The lowest BCUT2D eigenvalue weighted by molar-refractivity contribution is 0.256. The number of anilines is 2. The molecule has 2 heterocycles. The van der Waals surface area contributed by atoms with E-state index in [2.05, 4.69) is 9.97 Å². The third kappa shape index (κ3) is 3.42. The fourth-order valence-electron chi connectivity index (χ4n) is 3.00. The van der Waals surface area contributed by atoms with Crippen LogP contribution in [-0.4, -0.2) is 16.0 Å². The van der Waals surface area contributed by atoms with Gasteiger partial charge < -0.3 is 5.73 Å². The number of aryl methyl sites for hydroxylation is 2. The second-order valence-corrected chi connectivity index (χ2v) is 8.54. The van der Waals surface area contributed by atoms with Crippen LogP contribution in [0.5, 0.6) is 0 Å². The Labute approximate surface area is 171 Å². The number of nitrogens with two attached hydrogens (primary N) is 1. The van der Waals surface area contributed by atoms with Gasteiger partial charge in [-0.25, -0.2) is 19.7 Å². The summed E-state index contributed by atoms with van der Waals surface area (Å²) in [5, 5.41) is 3.14. The maximum Gasteiger partial charge on any atom is 0.325 e. The van der Waals surface area contributed by atoms with Crippen LogP contribution in [0.25, 0.3) is 22.5 Å². The molecular weight excluding hydrogens is 388 g/mol. The lowest BCUT2D eigenvalue weighted by Crippen LogP contribution is -2.31. The minimum atomic E-state index is -0.554. The maximum atomic E-state index is 12.6. The van der Waals surface area contributed by atoms with E-state index in [-0.39, 0.29) is 0 Å². The van der Waals surface area contributed by atoms with E-state index in [0.717, 1.165) is 32.5 Å². The molecule has 5 nitrogen and oxygen atoms in total. The number of benzene rings is 2. The molecule has 2 aromatic heterocycles. The average Bonchev–Trinajstić information content (AvgIpc) is 3.26. The molecule has 0 bridgehead atoms. The van der Waals surface area contributed by atoms with Gasteiger partial charge in [-0.1, -0.05) is 60.7 Å². The van der Waals surface area contributed by atoms with Crippen molar-refractivity contribution in [2.45, 2.75) is 13.8 Å². The summed E-state index contributed by atoms with van der Waals surface area (Å²) in [6.07, 6.45) is 0. The summed E-state index contributed by atoms with van der Waals surface area (Å²) in [5.74, 6) is 0. The topological polar surface area (TPSA) is 72.1 Å². The maximum absolute atomic E-state index is 12.6. The van der Waals surface area contributed by atoms with Crippen LogP contribution in [0, 0.1) is 13.8 Å². The normalized spacial score (nSPS) is 10.8. The predicted octanol–water partition coefficient (Wildman–Crippen LogP) is 5.77. The van der Waals surface area contributed by atoms with Crippen molar-refractivity contribution in [3.63, 3.8) is 0 Å². The van der Waals surface area contributed by atoms with Crippen LogP contribution in [0.15, 0.2) is 60.7 Å². The van der Waals surface area contributed by atoms with Gasteiger partial charge in [-0.3, -0.25) is 0 Å². The van der Waals surface area contributed by atoms with E-state index in [9.17, 15) is 4.79 Å². The first-order chi connectivity index (χ1) is 13.5. The van der Waals surface area contributed by atoms with Crippen molar-refractivity contribution < 1.29 is 4.79 Å². The zero-order valence-electron chi connectivity index (χ0n) is 15.4. The molecule has 2 N–H and O–H groups in total. The van der Waals surface area contributed by atoms with E-state index >= 15 is 0 Å². The number of nitrogens with zero attached hydrogens (tertiary/aromatic N) is 3. The van der Waals surface area contributed by atoms with Crippen molar-refractivity contribution in [2.24, 2.45) is 5.73 Å². The van der Waals surface area contributed by atoms with Crippen LogP contribution in [-0.2, 0) is 0 Å². The molecule has 2 amide bonds. The average molecular weight is 407 g/mol. The Morgan fingerprint density at radius 2 is 1.18 bits per heavy atom. The van der Waals surface area contributed by atoms with E-state index in [1.54, 1.807) is 4.90 Å². The van der Waals surface area contributed by atoms with Crippen LogP contribution in [0.4, 0.5) is 14.8 Å². The number of rotatable bonds is 4. The molecule has 0 unspecified atom stereocenters. The number of hydrogen-bond donors (Lipinski definition) is 1. The molecule has 4 aromatic rings. The Bertz CT molecular complexity index is 1040. The first kappa shape index (κ1) is 18.3. The molecule has 0 radical (unpaired) electrons. The molecule has 28 heavy (non-hydrogen) atoms. The predicted molar refractivity (Wildman–Crippen MR) is 116 cm³/mol. The van der Waals surface area contributed by atoms with Crippen LogP contribution >= 0.6 is 22.7 Å². The van der Waals surface area contributed by atoms with Gasteiger partial charge in [-0.15, -0.1) is 22.7 Å². The van der Waals surface area contributed by atoms with E-state index < -0.39 is 6.03 Å². The molecule has 0 fully saturated rings. The summed E-state index contributed by atoms with van der Waals surface area (Å²) in [6, 6.07) is 19.1. The van der Waals surface area contributed by atoms with E-state index in [4.69, 9.17) is 5.73 Å². The third-order valence-corrected chi connectivity index (χ3v) is 6.07. The monoisotopic (exact) mass is 406 g/mol. The zero-order chi connectivity index (χ0) is 19.7. The van der Waals surface area contributed by atoms with Gasteiger partial charge in [-0.05, 0) is 13.8 Å². The van der Waals surface area contributed by atoms with Gasteiger partial charge >= 0.3 is 6.03 Å². The minimum Gasteiger partial charge on any atom is -0.351 e. The first-order valence-electron chi connectivity index (χ1n) is 8.70. The highest BCUT2D eigenvalue weighted by Crippen LogP contribution is 2.45. The van der Waals surface area contributed by atoms with Crippen molar-refractivity contribution in [3.8, 4) is 22.5 Å². The van der Waals surface area contributed by atoms with E-state index in [1.165, 1.54) is 22.7 Å². The highest BCUT2D eigenvalue weighted by atomic mass is 32.1. The molecule has 0 spiro atoms. The number of carbonyl (C=O) groups excluding carboxylic acids is 1. The van der Waals surface area contributed by atoms with E-state index in [1.807, 2.05) is 74.5 Å². The van der Waals surface area contributed by atoms with E-state index in [0.29, 0.717) is 10.0 Å². The van der Waals surface area contributed by atoms with Gasteiger partial charge in [-0.2, -0.15) is 0 Å². The first-order valence-corrected chi connectivity index (χ1v) is 10.3. The highest BCUT2D eigenvalue weighted by Gasteiger charge is 2.28. The fraction of sp³-hybridized carbons (Fsp3) is 0.0952. The molecular formula is C21H18N4OS2. The lowest BCUT2D eigenvalue weighted by Gasteiger charge is -2.19. The highest BCUT2D eigenvalue weighted by molar-refractivity contribution is 7.19. The summed E-state index contributed by atoms with van der Waals surface area (Å²) < 4.78 is 0. The van der Waals surface area contributed by atoms with Crippen LogP contribution in [0.1, 0.15) is 10.0 Å². The summed E-state index contributed by atoms with van der Waals surface area (Å²) >= 11 is 2.89. The molecule has 0 saturated carbocycles. The number of amides is 2. The minimum absolute atomic E-state index is 0.554. The number of urea groups is 1. The molecule has 7 heteroatoms. The quantitative estimate of drug-likeness (QED) is 0.468. The molecule has 140 valence electrons. The van der Waals surface area contributed by atoms with Crippen molar-refractivity contribution in [2.75, 3.05) is 4.90 Å². The van der Waals surface area contributed by atoms with Gasteiger partial charge in [0.05, 0.1) is 10.0 Å². The number of thiazole rings is 2. The standard InChI is InChI=1S/C21H18N4OS2/c1-13-23-17(15-9-5-3-6-10-15)19(27-13)25(21(22)26)20-18(24-14(2)28-20)16-11-7-4-8-12-16/h3-12H,1-2H3,(H2,22,26). The molecule has 2 aromatic carbocycles. The number of carbonyl (C=O) groups is 1. The molecule has 4 rings (SSSR count). The molecule has 0 aliphatic carbocycles. The number of aromatic nitrogens is 2. The molecule has 0 aliphatic heterocycles. The summed E-state index contributed by atoms with van der Waals surface area (Å²) in [7, 11) is 0. The smallest absolute Gasteiger partial charge is 0.325 e. The summed E-state index contributed by atoms with van der Waals surface area (Å²) in [4.78, 5) is 23.5. The van der Waals surface area contributed by atoms with Crippen molar-refractivity contribution in [3.05, 3.63) is 70.7 Å². The lowest BCUT2D eigenvalue weighted by atomic mass is 10.1. The van der Waals surface area contributed by atoms with Crippen molar-refractivity contribution in [1.82, 2.24) is 9.97 Å². The Morgan fingerprint density at radius 3 is 1.54 bits per heavy atom. The molecule has 0 atom stereocenters. The Balaban J connectivity index is 1.91. The largest absolute Gasteiger partial charge is 0.351 e. The third-order valence-electron chi connectivity index (χ3n) is 4.15. The van der Waals surface area contributed by atoms with Gasteiger partial charge in [0.2, 0.25) is 0 Å². The van der Waals surface area contributed by atoms with Crippen LogP contribution < -0.4 is 10.6 Å². The van der Waals surface area contributed by atoms with Gasteiger partial charge in [0.1, 0.15) is 21.4 Å². The van der Waals surface area contributed by atoms with Crippen molar-refractivity contribution >= 4 is 38.7 Å². The Hall–Kier alpha value is -3.03. The second-order valence-electron chi connectivity index (χ2n) is 6.18. The number of primary amides is 1. The Kier molecular flexibility index (Phi) is 4.93. The zero-order valence-corrected chi connectivity index (χ0v) is 17.1. The molecule has 0 aliphatic rings. The van der Waals surface area contributed by atoms with Gasteiger partial charge in [0.25, 0.3) is 0 Å².